The van der Waals surface area contributed by atoms with Gasteiger partial charge in [0.05, 0.1) is 0 Å². The lowest BCUT2D eigenvalue weighted by Gasteiger charge is -2.30. The fraction of sp³-hybridized carbons (Fsp3) is 0.632. The summed E-state index contributed by atoms with van der Waals surface area (Å²) in [5, 5.41) is 7.20. The Bertz CT molecular complexity index is 672. The topological polar surface area (TPSA) is 72.0 Å². The summed E-state index contributed by atoms with van der Waals surface area (Å²) in [6, 6.07) is 6.41. The predicted octanol–water partition coefficient (Wildman–Crippen LogP) is 2.82. The van der Waals surface area contributed by atoms with Gasteiger partial charge in [0.1, 0.15) is 0 Å². The molecule has 27 heavy (non-hydrogen) atoms. The average Bonchev–Trinajstić information content (AvgIpc) is 3.14. The molecule has 2 aliphatic rings. The quantitative estimate of drug-likeness (QED) is 0.352. The van der Waals surface area contributed by atoms with E-state index in [1.807, 2.05) is 19.1 Å². The number of guanidine groups is 1. The molecule has 1 aromatic rings. The van der Waals surface area contributed by atoms with Crippen LogP contribution in [-0.2, 0) is 17.2 Å². The van der Waals surface area contributed by atoms with Gasteiger partial charge in [-0.2, -0.15) is 0 Å². The van der Waals surface area contributed by atoms with Crippen LogP contribution >= 0.6 is 24.0 Å². The highest BCUT2D eigenvalue weighted by atomic mass is 127. The van der Waals surface area contributed by atoms with Crippen molar-refractivity contribution in [3.8, 4) is 11.5 Å². The third-order valence-electron chi connectivity index (χ3n) is 4.99. The molecule has 3 rings (SSSR count). The largest absolute Gasteiger partial charge is 0.454 e. The van der Waals surface area contributed by atoms with Crippen LogP contribution in [-0.4, -0.2) is 47.6 Å². The van der Waals surface area contributed by atoms with Crippen molar-refractivity contribution in [2.45, 2.75) is 50.3 Å². The number of hydrogen-bond donors (Lipinski definition) is 2. The summed E-state index contributed by atoms with van der Waals surface area (Å²) in [4.78, 5) is 4.34. The number of hydrogen-bond acceptors (Lipinski definition) is 4. The van der Waals surface area contributed by atoms with E-state index in [0.717, 1.165) is 61.9 Å². The van der Waals surface area contributed by atoms with Crippen LogP contribution in [0.1, 0.15) is 38.2 Å². The van der Waals surface area contributed by atoms with Gasteiger partial charge in [-0.1, -0.05) is 19.4 Å². The van der Waals surface area contributed by atoms with Gasteiger partial charge in [0.2, 0.25) is 6.79 Å². The summed E-state index contributed by atoms with van der Waals surface area (Å²) < 4.78 is 22.9. The molecule has 1 saturated carbocycles. The SMILES string of the molecule is CCS(=O)C1CCCC(NC(=NC)NCCc2ccc3c(c2)OCO3)C1.I. The second kappa shape index (κ2) is 11.1. The molecule has 0 aromatic heterocycles. The van der Waals surface area contributed by atoms with Crippen LogP contribution in [0.25, 0.3) is 0 Å². The lowest BCUT2D eigenvalue weighted by atomic mass is 9.95. The van der Waals surface area contributed by atoms with Gasteiger partial charge in [0.25, 0.3) is 0 Å². The normalized spacial score (nSPS) is 22.7. The molecule has 1 heterocycles. The summed E-state index contributed by atoms with van der Waals surface area (Å²) in [7, 11) is 1.09. The highest BCUT2D eigenvalue weighted by Crippen LogP contribution is 2.32. The van der Waals surface area contributed by atoms with E-state index in [2.05, 4.69) is 21.7 Å². The maximum absolute atomic E-state index is 12.1. The van der Waals surface area contributed by atoms with Gasteiger partial charge >= 0.3 is 0 Å². The van der Waals surface area contributed by atoms with Crippen LogP contribution in [0.5, 0.6) is 11.5 Å². The summed E-state index contributed by atoms with van der Waals surface area (Å²) in [6.45, 7) is 3.10. The van der Waals surface area contributed by atoms with E-state index in [0.29, 0.717) is 18.1 Å². The Kier molecular flexibility index (Phi) is 9.14. The average molecular weight is 507 g/mol. The van der Waals surface area contributed by atoms with Crippen LogP contribution in [0, 0.1) is 0 Å². The smallest absolute Gasteiger partial charge is 0.231 e. The van der Waals surface area contributed by atoms with E-state index in [1.165, 1.54) is 5.56 Å². The Labute approximate surface area is 181 Å². The molecule has 0 spiro atoms. The lowest BCUT2D eigenvalue weighted by Crippen LogP contribution is -2.47. The zero-order valence-corrected chi connectivity index (χ0v) is 19.2. The molecule has 3 unspecified atom stereocenters. The molecule has 3 atom stereocenters. The van der Waals surface area contributed by atoms with Gasteiger partial charge in [0, 0.05) is 41.4 Å². The molecule has 1 fully saturated rings. The first kappa shape index (κ1) is 22.3. The van der Waals surface area contributed by atoms with E-state index in [1.54, 1.807) is 7.05 Å². The second-order valence-electron chi connectivity index (χ2n) is 6.74. The van der Waals surface area contributed by atoms with E-state index < -0.39 is 10.8 Å². The number of nitrogens with one attached hydrogen (secondary N) is 2. The molecular formula is C19H30IN3O3S. The number of benzene rings is 1. The molecule has 6 nitrogen and oxygen atoms in total. The van der Waals surface area contributed by atoms with E-state index in [4.69, 9.17) is 9.47 Å². The fourth-order valence-electron chi connectivity index (χ4n) is 3.56. The van der Waals surface area contributed by atoms with Crippen molar-refractivity contribution in [2.24, 2.45) is 4.99 Å². The number of ether oxygens (including phenoxy) is 2. The predicted molar refractivity (Wildman–Crippen MR) is 121 cm³/mol. The number of rotatable bonds is 6. The summed E-state index contributed by atoms with van der Waals surface area (Å²) in [5.41, 5.74) is 1.20. The minimum Gasteiger partial charge on any atom is -0.454 e. The van der Waals surface area contributed by atoms with Crippen LogP contribution in [0.3, 0.4) is 0 Å². The highest BCUT2D eigenvalue weighted by Gasteiger charge is 2.26. The van der Waals surface area contributed by atoms with Crippen molar-refractivity contribution in [1.29, 1.82) is 0 Å². The van der Waals surface area contributed by atoms with E-state index >= 15 is 0 Å². The van der Waals surface area contributed by atoms with Crippen LogP contribution in [0.15, 0.2) is 23.2 Å². The van der Waals surface area contributed by atoms with Crippen molar-refractivity contribution in [2.75, 3.05) is 26.1 Å². The van der Waals surface area contributed by atoms with Crippen molar-refractivity contribution in [3.05, 3.63) is 23.8 Å². The fourth-order valence-corrected chi connectivity index (χ4v) is 4.91. The van der Waals surface area contributed by atoms with Crippen LogP contribution < -0.4 is 20.1 Å². The third-order valence-corrected chi connectivity index (χ3v) is 6.73. The van der Waals surface area contributed by atoms with Crippen molar-refractivity contribution in [3.63, 3.8) is 0 Å². The molecule has 8 heteroatoms. The first-order chi connectivity index (χ1) is 12.7. The van der Waals surface area contributed by atoms with Crippen molar-refractivity contribution in [1.82, 2.24) is 10.6 Å². The van der Waals surface area contributed by atoms with Gasteiger partial charge in [-0.3, -0.25) is 9.20 Å². The molecule has 0 bridgehead atoms. The first-order valence-electron chi connectivity index (χ1n) is 9.42. The Morgan fingerprint density at radius 2 is 2.11 bits per heavy atom. The summed E-state index contributed by atoms with van der Waals surface area (Å²) in [6.07, 6.45) is 5.16. The maximum Gasteiger partial charge on any atom is 0.231 e. The Balaban J connectivity index is 0.00000261. The highest BCUT2D eigenvalue weighted by molar-refractivity contribution is 14.0. The Hall–Kier alpha value is -1.03. The van der Waals surface area contributed by atoms with E-state index in [-0.39, 0.29) is 24.0 Å². The Morgan fingerprint density at radius 3 is 2.89 bits per heavy atom. The molecule has 0 amide bonds. The molecule has 0 saturated heterocycles. The van der Waals surface area contributed by atoms with E-state index in [9.17, 15) is 4.21 Å². The molecule has 152 valence electrons. The minimum atomic E-state index is -0.704. The molecule has 2 N–H and O–H groups in total. The number of aliphatic imine (C=N–C) groups is 1. The monoisotopic (exact) mass is 507 g/mol. The summed E-state index contributed by atoms with van der Waals surface area (Å²) in [5.74, 6) is 3.20. The molecule has 1 aliphatic carbocycles. The van der Waals surface area contributed by atoms with Crippen LogP contribution in [0.4, 0.5) is 0 Å². The van der Waals surface area contributed by atoms with Crippen molar-refractivity contribution >= 4 is 40.7 Å². The Morgan fingerprint density at radius 1 is 1.30 bits per heavy atom. The second-order valence-corrected chi connectivity index (χ2v) is 8.74. The van der Waals surface area contributed by atoms with Crippen molar-refractivity contribution < 1.29 is 13.7 Å². The van der Waals surface area contributed by atoms with Gasteiger partial charge in [-0.05, 0) is 43.4 Å². The van der Waals surface area contributed by atoms with Gasteiger partial charge < -0.3 is 20.1 Å². The molecular weight excluding hydrogens is 477 g/mol. The van der Waals surface area contributed by atoms with Gasteiger partial charge in [-0.25, -0.2) is 0 Å². The maximum atomic E-state index is 12.1. The molecule has 1 aromatic carbocycles. The molecule has 0 radical (unpaired) electrons. The van der Waals surface area contributed by atoms with Gasteiger partial charge in [-0.15, -0.1) is 24.0 Å². The van der Waals surface area contributed by atoms with Gasteiger partial charge in [0.15, 0.2) is 17.5 Å². The third kappa shape index (κ3) is 6.23. The zero-order chi connectivity index (χ0) is 18.4. The summed E-state index contributed by atoms with van der Waals surface area (Å²) >= 11 is 0. The standard InChI is InChI=1S/C19H29N3O3S.HI/c1-3-26(23)16-6-4-5-15(12-16)22-19(20-2)21-10-9-14-7-8-17-18(11-14)25-13-24-17;/h7-8,11,15-16H,3-6,9-10,12-13H2,1-2H3,(H2,20,21,22);1H. The minimum absolute atomic E-state index is 0. The van der Waals surface area contributed by atoms with Crippen LogP contribution in [0.2, 0.25) is 0 Å². The zero-order valence-electron chi connectivity index (χ0n) is 16.0. The number of nitrogens with zero attached hydrogens (tertiary/aromatic N) is 1. The molecule has 1 aliphatic heterocycles. The first-order valence-corrected chi connectivity index (χ1v) is 10.8. The number of fused-ring (bicyclic) bond motifs is 1. The lowest BCUT2D eigenvalue weighted by molar-refractivity contribution is 0.174. The number of halogens is 1.